The van der Waals surface area contributed by atoms with E-state index >= 15 is 0 Å². The molecule has 0 N–H and O–H groups in total. The third-order valence-corrected chi connectivity index (χ3v) is 2.33. The Bertz CT molecular complexity index is 146. The fourth-order valence-electron chi connectivity index (χ4n) is 1.24. The summed E-state index contributed by atoms with van der Waals surface area (Å²) in [6.45, 7) is 8.89. The molecule has 0 fully saturated rings. The van der Waals surface area contributed by atoms with Crippen molar-refractivity contribution in [1.29, 1.82) is 0 Å². The van der Waals surface area contributed by atoms with Crippen LogP contribution >= 0.6 is 0 Å². The molecule has 0 aliphatic rings. The van der Waals surface area contributed by atoms with Gasteiger partial charge in [-0.3, -0.25) is 0 Å². The highest BCUT2D eigenvalue weighted by molar-refractivity contribution is 4.99. The second kappa shape index (κ2) is 20.6. The minimum atomic E-state index is 1.34. The smallest absolute Gasteiger partial charge is 0.0536 e. The zero-order chi connectivity index (χ0) is 13.2. The summed E-state index contributed by atoms with van der Waals surface area (Å²) >= 11 is 0. The summed E-state index contributed by atoms with van der Waals surface area (Å²) < 4.78 is 0. The van der Waals surface area contributed by atoms with Crippen LogP contribution in [0.3, 0.4) is 0 Å². The Labute approximate surface area is 109 Å². The molecule has 0 saturated heterocycles. The molecule has 0 spiro atoms. The summed E-state index contributed by atoms with van der Waals surface area (Å²) in [6.07, 6.45) is 9.61. The van der Waals surface area contributed by atoms with Gasteiger partial charge in [0.25, 0.3) is 0 Å². The first-order chi connectivity index (χ1) is 8.33. The monoisotopic (exact) mass is 236 g/mol. The summed E-state index contributed by atoms with van der Waals surface area (Å²) in [6, 6.07) is 12.0. The quantitative estimate of drug-likeness (QED) is 0.514. The Morgan fingerprint density at radius 1 is 0.412 bits per heavy atom. The fraction of sp³-hybridized carbons (Fsp3) is 0.647. The van der Waals surface area contributed by atoms with Crippen LogP contribution in [0.5, 0.6) is 0 Å². The second-order valence-electron chi connectivity index (χ2n) is 4.22. The molecule has 0 bridgehead atoms. The molecule has 0 amide bonds. The van der Waals surface area contributed by atoms with E-state index in [1.165, 1.54) is 44.9 Å². The average molecular weight is 236 g/mol. The van der Waals surface area contributed by atoms with E-state index in [0.29, 0.717) is 0 Å². The van der Waals surface area contributed by atoms with Gasteiger partial charge in [0.2, 0.25) is 0 Å². The first-order valence-electron chi connectivity index (χ1n) is 7.33. The molecule has 0 heteroatoms. The van der Waals surface area contributed by atoms with E-state index in [9.17, 15) is 0 Å². The molecule has 1 aromatic carbocycles. The maximum absolute atomic E-state index is 2.23. The fourth-order valence-corrected chi connectivity index (χ4v) is 1.24. The van der Waals surface area contributed by atoms with Crippen LogP contribution in [0.15, 0.2) is 36.4 Å². The summed E-state index contributed by atoms with van der Waals surface area (Å²) in [4.78, 5) is 0. The van der Waals surface area contributed by atoms with E-state index in [1.807, 2.05) is 36.4 Å². The van der Waals surface area contributed by atoms with Gasteiger partial charge in [0.15, 0.2) is 0 Å². The van der Waals surface area contributed by atoms with Crippen molar-refractivity contribution in [3.63, 3.8) is 0 Å². The number of hydrogen-bond donors (Lipinski definition) is 0. The van der Waals surface area contributed by atoms with Crippen molar-refractivity contribution in [2.45, 2.75) is 72.6 Å². The van der Waals surface area contributed by atoms with E-state index in [4.69, 9.17) is 0 Å². The molecule has 1 rings (SSSR count). The van der Waals surface area contributed by atoms with E-state index in [2.05, 4.69) is 27.7 Å². The van der Waals surface area contributed by atoms with Crippen molar-refractivity contribution in [1.82, 2.24) is 0 Å². The first kappa shape index (κ1) is 18.6. The molecule has 0 aliphatic heterocycles. The number of benzene rings is 1. The van der Waals surface area contributed by atoms with Crippen LogP contribution in [-0.4, -0.2) is 0 Å². The molecule has 0 saturated carbocycles. The van der Waals surface area contributed by atoms with Crippen LogP contribution in [-0.2, 0) is 0 Å². The van der Waals surface area contributed by atoms with E-state index < -0.39 is 0 Å². The number of rotatable bonds is 5. The Hall–Kier alpha value is -0.780. The minimum Gasteiger partial charge on any atom is -0.0654 e. The van der Waals surface area contributed by atoms with Crippen molar-refractivity contribution in [2.24, 2.45) is 0 Å². The van der Waals surface area contributed by atoms with Gasteiger partial charge < -0.3 is 0 Å². The highest BCUT2D eigenvalue weighted by Gasteiger charge is 1.75. The van der Waals surface area contributed by atoms with Gasteiger partial charge in [-0.05, 0) is 0 Å². The predicted octanol–water partition coefficient (Wildman–Crippen LogP) is 6.47. The van der Waals surface area contributed by atoms with Gasteiger partial charge in [-0.2, -0.15) is 0 Å². The largest absolute Gasteiger partial charge is 0.0654 e. The van der Waals surface area contributed by atoms with Crippen LogP contribution < -0.4 is 0 Å². The Morgan fingerprint density at radius 2 is 0.647 bits per heavy atom. The predicted molar refractivity (Wildman–Crippen MR) is 81.5 cm³/mol. The van der Waals surface area contributed by atoms with E-state index in [0.717, 1.165) is 0 Å². The normalized spacial score (nSPS) is 8.47. The van der Waals surface area contributed by atoms with Crippen molar-refractivity contribution < 1.29 is 0 Å². The molecule has 0 nitrogen and oxygen atoms in total. The average Bonchev–Trinajstić information content (AvgIpc) is 2.41. The van der Waals surface area contributed by atoms with Gasteiger partial charge in [-0.15, -0.1) is 0 Å². The van der Waals surface area contributed by atoms with Gasteiger partial charge in [0.1, 0.15) is 0 Å². The maximum atomic E-state index is 2.23. The lowest BCUT2D eigenvalue weighted by Crippen LogP contribution is -1.66. The number of hydrogen-bond acceptors (Lipinski definition) is 0. The zero-order valence-electron chi connectivity index (χ0n) is 12.4. The standard InChI is InChI=1S/C6H6.C6H14.C5H12/c1-2-4-6-5-3-1;1-3-5-6-4-2;1-3-5-4-2/h1-6H;3-6H2,1-2H3;3-5H2,1-2H3. The molecule has 0 unspecified atom stereocenters. The lowest BCUT2D eigenvalue weighted by Gasteiger charge is -1.86. The summed E-state index contributed by atoms with van der Waals surface area (Å²) in [5.41, 5.74) is 0. The molecular weight excluding hydrogens is 204 g/mol. The lowest BCUT2D eigenvalue weighted by molar-refractivity contribution is 0.702. The third kappa shape index (κ3) is 25.5. The Balaban J connectivity index is 0. The maximum Gasteiger partial charge on any atom is -0.0536 e. The summed E-state index contributed by atoms with van der Waals surface area (Å²) in [7, 11) is 0. The molecule has 0 aliphatic carbocycles. The van der Waals surface area contributed by atoms with Crippen molar-refractivity contribution in [3.8, 4) is 0 Å². The molecule has 100 valence electrons. The number of unbranched alkanes of at least 4 members (excludes halogenated alkanes) is 5. The summed E-state index contributed by atoms with van der Waals surface area (Å²) in [5, 5.41) is 0. The Morgan fingerprint density at radius 3 is 0.765 bits per heavy atom. The van der Waals surface area contributed by atoms with E-state index in [1.54, 1.807) is 0 Å². The van der Waals surface area contributed by atoms with Gasteiger partial charge in [0, 0.05) is 0 Å². The van der Waals surface area contributed by atoms with Crippen LogP contribution in [0.25, 0.3) is 0 Å². The second-order valence-corrected chi connectivity index (χ2v) is 4.22. The molecule has 1 aromatic rings. The lowest BCUT2D eigenvalue weighted by atomic mass is 10.2. The highest BCUT2D eigenvalue weighted by Crippen LogP contribution is 1.95. The molecule has 0 radical (unpaired) electrons. The van der Waals surface area contributed by atoms with Crippen molar-refractivity contribution in [2.75, 3.05) is 0 Å². The topological polar surface area (TPSA) is 0 Å². The summed E-state index contributed by atoms with van der Waals surface area (Å²) in [5.74, 6) is 0. The third-order valence-electron chi connectivity index (χ3n) is 2.33. The first-order valence-corrected chi connectivity index (χ1v) is 7.33. The minimum absolute atomic E-state index is 1.34. The van der Waals surface area contributed by atoms with E-state index in [-0.39, 0.29) is 0 Å². The zero-order valence-corrected chi connectivity index (χ0v) is 12.4. The van der Waals surface area contributed by atoms with Crippen LogP contribution in [0, 0.1) is 0 Å². The van der Waals surface area contributed by atoms with Crippen molar-refractivity contribution >= 4 is 0 Å². The molecule has 0 heterocycles. The van der Waals surface area contributed by atoms with Gasteiger partial charge in [-0.25, -0.2) is 0 Å². The Kier molecular flexibility index (Phi) is 22.5. The van der Waals surface area contributed by atoms with Crippen molar-refractivity contribution in [3.05, 3.63) is 36.4 Å². The van der Waals surface area contributed by atoms with Crippen LogP contribution in [0.4, 0.5) is 0 Å². The van der Waals surface area contributed by atoms with Gasteiger partial charge in [-0.1, -0.05) is 109 Å². The SMILES string of the molecule is CCCCC.CCCCCC.c1ccccc1. The van der Waals surface area contributed by atoms with Gasteiger partial charge in [0.05, 0.1) is 0 Å². The molecule has 0 atom stereocenters. The highest BCUT2D eigenvalue weighted by atomic mass is 13.8. The van der Waals surface area contributed by atoms with Crippen LogP contribution in [0.2, 0.25) is 0 Å². The molecule has 17 heavy (non-hydrogen) atoms. The molecule has 0 aromatic heterocycles. The van der Waals surface area contributed by atoms with Gasteiger partial charge >= 0.3 is 0 Å². The molecular formula is C17H32. The van der Waals surface area contributed by atoms with Crippen LogP contribution in [0.1, 0.15) is 72.6 Å².